The third kappa shape index (κ3) is 23.0. The van der Waals surface area contributed by atoms with Crippen LogP contribution in [-0.4, -0.2) is 142 Å². The zero-order valence-corrected chi connectivity index (χ0v) is 50.1. The molecule has 16 N–H and O–H groups in total. The number of H-pyrrole nitrogens is 1. The minimum atomic E-state index is -1.69. The van der Waals surface area contributed by atoms with Crippen LogP contribution in [0, 0.1) is 29.0 Å². The van der Waals surface area contributed by atoms with E-state index in [-0.39, 0.29) is 55.4 Å². The van der Waals surface area contributed by atoms with Crippen molar-refractivity contribution in [2.75, 3.05) is 20.1 Å². The van der Waals surface area contributed by atoms with Gasteiger partial charge >= 0.3 is 6.03 Å². The number of hydrogen-bond donors (Lipinski definition) is 13. The third-order valence-electron chi connectivity index (χ3n) is 14.6. The van der Waals surface area contributed by atoms with E-state index in [4.69, 9.17) is 17.2 Å². The minimum absolute atomic E-state index is 0.0114. The lowest BCUT2D eigenvalue weighted by Crippen LogP contribution is -2.53. The number of primary amides is 2. The van der Waals surface area contributed by atoms with Crippen LogP contribution in [0.1, 0.15) is 103 Å². The number of phenolic OH excluding ortho intramolecular Hbond substituents is 1. The van der Waals surface area contributed by atoms with Crippen LogP contribution in [0.4, 0.5) is 9.18 Å². The number of hydrogen-bond acceptors (Lipinski definition) is 14. The van der Waals surface area contributed by atoms with Crippen LogP contribution >= 0.6 is 0 Å². The quantitative estimate of drug-likeness (QED) is 0.0174. The number of halogens is 1. The Kier molecular flexibility index (Phi) is 27.2. The average Bonchev–Trinajstić information content (AvgIpc) is 2.82. The molecule has 0 spiro atoms. The van der Waals surface area contributed by atoms with Crippen molar-refractivity contribution in [1.82, 2.24) is 42.2 Å². The molecule has 472 valence electrons. The second-order valence-corrected chi connectivity index (χ2v) is 22.8. The number of amides is 8. The number of Topliss-reactive ketones (excluding diaryl/α,β-unsaturated/α-hetero) is 4. The largest absolute Gasteiger partial charge is 0.508 e. The fraction of sp³-hybridized carbons (Fsp3) is 0.475. The molecule has 0 saturated heterocycles. The van der Waals surface area contributed by atoms with E-state index < -0.39 is 163 Å². The fourth-order valence-electron chi connectivity index (χ4n) is 9.68. The van der Waals surface area contributed by atoms with Gasteiger partial charge in [-0.3, -0.25) is 52.9 Å². The molecular weight excluding hydrogens is 1130 g/mol. The lowest BCUT2D eigenvalue weighted by atomic mass is 9.82. The van der Waals surface area contributed by atoms with Crippen molar-refractivity contribution in [3.8, 4) is 5.75 Å². The number of aliphatic hydroxyl groups excluding tert-OH is 1. The summed E-state index contributed by atoms with van der Waals surface area (Å²) in [7, 11) is 1.49. The number of aromatic hydroxyl groups is 1. The molecular formula is C61H83FN12O13. The van der Waals surface area contributed by atoms with Crippen LogP contribution < -0.4 is 54.4 Å². The highest BCUT2D eigenvalue weighted by molar-refractivity contribution is 6.00. The maximum absolute atomic E-state index is 15.2. The first-order valence-corrected chi connectivity index (χ1v) is 28.6. The van der Waals surface area contributed by atoms with E-state index in [0.717, 1.165) is 17.0 Å². The zero-order valence-electron chi connectivity index (χ0n) is 50.1. The van der Waals surface area contributed by atoms with Crippen LogP contribution in [0.25, 0.3) is 10.9 Å². The van der Waals surface area contributed by atoms with E-state index in [1.54, 1.807) is 32.2 Å². The van der Waals surface area contributed by atoms with Crippen LogP contribution in [0.5, 0.6) is 5.75 Å². The number of ketones is 4. The molecule has 4 aromatic rings. The standard InChI is InChI=1S/C61H83FN12O13/c1-33(2)23-45(50(78)27-38(14-12-22-67-59(65)66-7)56(84)72-49(55(64)83)26-39-31-68-44-17-11-9-15-41(39)44)74-60(87)69-32-53(81)47(25-37-13-8-10-16-43(37)62)71-57(85)42(34(3)75)28-51(79)48(29-54(63)82)73-58(86)61(5,6)30-52(80)46(70-35(4)76)24-36-18-20-40(77)21-19-36/h8-11,13,15-21,31,33-34,38,42,45-49,68,75,77H,12,14,22-30,32H2,1-7H3,(H2,63,82)(H2,64,83)(H,70,76)(H,71,85)(H,72,84)(H,73,86)(H3,65,66,67)(H2,69,74,87)/t34-,38-,42+,45+,46-,47+,48+,49+/m1/s1. The van der Waals surface area contributed by atoms with E-state index >= 15 is 4.39 Å². The summed E-state index contributed by atoms with van der Waals surface area (Å²) >= 11 is 0. The summed E-state index contributed by atoms with van der Waals surface area (Å²) in [6.45, 7) is 8.19. The lowest BCUT2D eigenvalue weighted by Gasteiger charge is -2.29. The van der Waals surface area contributed by atoms with Crippen molar-refractivity contribution in [3.63, 3.8) is 0 Å². The maximum Gasteiger partial charge on any atom is 0.315 e. The number of benzene rings is 3. The van der Waals surface area contributed by atoms with Crippen molar-refractivity contribution >= 4 is 81.5 Å². The highest BCUT2D eigenvalue weighted by Gasteiger charge is 2.39. The van der Waals surface area contributed by atoms with E-state index in [2.05, 4.69) is 47.2 Å². The number of carbonyl (C=O) groups is 11. The average molecular weight is 1210 g/mol. The molecule has 25 nitrogen and oxygen atoms in total. The molecule has 0 bridgehead atoms. The van der Waals surface area contributed by atoms with Crippen LogP contribution in [0.15, 0.2) is 84.0 Å². The number of aromatic amines is 1. The summed E-state index contributed by atoms with van der Waals surface area (Å²) in [5.74, 6) is -11.5. The van der Waals surface area contributed by atoms with Gasteiger partial charge in [-0.25, -0.2) is 9.18 Å². The Morgan fingerprint density at radius 2 is 1.29 bits per heavy atom. The predicted octanol–water partition coefficient (Wildman–Crippen LogP) is 1.47. The highest BCUT2D eigenvalue weighted by atomic mass is 19.1. The van der Waals surface area contributed by atoms with Gasteiger partial charge in [0.2, 0.25) is 35.4 Å². The van der Waals surface area contributed by atoms with Gasteiger partial charge in [-0.05, 0) is 79.5 Å². The van der Waals surface area contributed by atoms with E-state index in [1.165, 1.54) is 65.1 Å². The van der Waals surface area contributed by atoms with Gasteiger partial charge in [-0.15, -0.1) is 0 Å². The Bertz CT molecular complexity index is 3130. The van der Waals surface area contributed by atoms with E-state index in [1.807, 2.05) is 24.3 Å². The van der Waals surface area contributed by atoms with Gasteiger partial charge in [-0.2, -0.15) is 0 Å². The van der Waals surface area contributed by atoms with Crippen molar-refractivity contribution in [3.05, 3.63) is 102 Å². The van der Waals surface area contributed by atoms with E-state index in [9.17, 15) is 63.0 Å². The van der Waals surface area contributed by atoms with Crippen molar-refractivity contribution < 1.29 is 67.3 Å². The van der Waals surface area contributed by atoms with Crippen molar-refractivity contribution in [2.24, 2.45) is 45.4 Å². The molecule has 8 amide bonds. The van der Waals surface area contributed by atoms with Gasteiger partial charge in [0.05, 0.1) is 54.6 Å². The fourth-order valence-corrected chi connectivity index (χ4v) is 9.68. The topological polar surface area (TPSA) is 419 Å². The predicted molar refractivity (Wildman–Crippen MR) is 321 cm³/mol. The number of fused-ring (bicyclic) bond motifs is 1. The zero-order chi connectivity index (χ0) is 64.7. The third-order valence-corrected chi connectivity index (χ3v) is 14.6. The second kappa shape index (κ2) is 33.6. The van der Waals surface area contributed by atoms with Gasteiger partial charge in [0, 0.05) is 75.6 Å². The molecule has 0 aliphatic rings. The lowest BCUT2D eigenvalue weighted by molar-refractivity contribution is -0.139. The van der Waals surface area contributed by atoms with Crippen molar-refractivity contribution in [2.45, 2.75) is 142 Å². The number of para-hydroxylation sites is 1. The molecule has 3 aromatic carbocycles. The number of guanidine groups is 1. The smallest absolute Gasteiger partial charge is 0.315 e. The number of nitrogens with two attached hydrogens (primary N) is 3. The van der Waals surface area contributed by atoms with Crippen LogP contribution in [0.2, 0.25) is 0 Å². The Morgan fingerprint density at radius 3 is 1.91 bits per heavy atom. The Hall–Kier alpha value is -9.07. The first kappa shape index (κ1) is 70.4. The second-order valence-electron chi connectivity index (χ2n) is 22.8. The molecule has 0 fully saturated rings. The molecule has 8 atom stereocenters. The Balaban J connectivity index is 1.50. The van der Waals surface area contributed by atoms with Gasteiger partial charge in [0.25, 0.3) is 0 Å². The summed E-state index contributed by atoms with van der Waals surface area (Å²) in [5.41, 5.74) is 17.6. The Morgan fingerprint density at radius 1 is 0.667 bits per heavy atom. The van der Waals surface area contributed by atoms with Crippen LogP contribution in [0.3, 0.4) is 0 Å². The van der Waals surface area contributed by atoms with Crippen LogP contribution in [-0.2, 0) is 67.2 Å². The summed E-state index contributed by atoms with van der Waals surface area (Å²) in [5, 5.41) is 39.5. The minimum Gasteiger partial charge on any atom is -0.508 e. The molecule has 4 rings (SSSR count). The first-order valence-electron chi connectivity index (χ1n) is 28.6. The Labute approximate surface area is 504 Å². The summed E-state index contributed by atoms with van der Waals surface area (Å²) in [6.07, 6.45) is -2.31. The molecule has 1 heterocycles. The SMILES string of the molecule is CN=C(N)NCCC[C@H](CC(=O)[C@H](CC(C)C)NC(=O)NCC(=O)[C@H](Cc1ccccc1F)NC(=O)[C@@H](CC(=O)[C@H](CC(N)=O)NC(=O)C(C)(C)CC(=O)[C@@H](Cc1ccc(O)cc1)NC(C)=O)[C@@H](C)O)C(=O)N[C@@H](Cc1c[nH]c2ccccc12)C(N)=O. The molecule has 0 saturated carbocycles. The number of aliphatic hydroxyl groups is 1. The number of carbonyl (C=O) groups excluding carboxylic acids is 11. The first-order chi connectivity index (χ1) is 41.0. The molecule has 87 heavy (non-hydrogen) atoms. The highest BCUT2D eigenvalue weighted by Crippen LogP contribution is 2.26. The monoisotopic (exact) mass is 1210 g/mol. The van der Waals surface area contributed by atoms with Gasteiger partial charge in [0.1, 0.15) is 17.6 Å². The number of nitrogens with zero attached hydrogens (tertiary/aromatic N) is 1. The maximum atomic E-state index is 15.2. The number of aliphatic imine (C=N–C) groups is 1. The molecule has 26 heteroatoms. The molecule has 0 aliphatic heterocycles. The molecule has 0 aliphatic carbocycles. The number of phenols is 1. The molecule has 1 aromatic heterocycles. The summed E-state index contributed by atoms with van der Waals surface area (Å²) in [4.78, 5) is 156. The number of rotatable bonds is 36. The molecule has 0 radical (unpaired) electrons. The van der Waals surface area contributed by atoms with Gasteiger partial charge < -0.3 is 69.6 Å². The number of nitrogens with one attached hydrogen (secondary N) is 8. The normalized spacial score (nSPS) is 14.4. The van der Waals surface area contributed by atoms with Gasteiger partial charge in [-0.1, -0.05) is 76.2 Å². The summed E-state index contributed by atoms with van der Waals surface area (Å²) in [6, 6.07) is 10.8. The van der Waals surface area contributed by atoms with Crippen molar-refractivity contribution in [1.29, 1.82) is 0 Å². The van der Waals surface area contributed by atoms with E-state index in [0.29, 0.717) is 17.5 Å². The summed E-state index contributed by atoms with van der Waals surface area (Å²) < 4.78 is 15.2. The number of aromatic nitrogens is 1. The van der Waals surface area contributed by atoms with Gasteiger partial charge in [0.15, 0.2) is 29.1 Å². The number of urea groups is 1. The molecule has 0 unspecified atom stereocenters.